The Labute approximate surface area is 103 Å². The predicted molar refractivity (Wildman–Crippen MR) is 63.9 cm³/mol. The third-order valence-corrected chi connectivity index (χ3v) is 3.07. The molecule has 1 rings (SSSR count). The van der Waals surface area contributed by atoms with Crippen LogP contribution in [-0.4, -0.2) is 64.5 Å². The second-order valence-electron chi connectivity index (χ2n) is 4.33. The van der Waals surface area contributed by atoms with Gasteiger partial charge >= 0.3 is 5.97 Å². The molecule has 1 fully saturated rings. The minimum Gasteiger partial charge on any atom is -0.468 e. The molecule has 0 aromatic rings. The molecule has 0 amide bonds. The molecule has 1 unspecified atom stereocenters. The molecule has 0 aromatic carbocycles. The number of nitrogens with zero attached hydrogens (tertiary/aromatic N) is 1. The Hall–Kier alpha value is -0.650. The smallest absolute Gasteiger partial charge is 0.323 e. The zero-order chi connectivity index (χ0) is 12.7. The van der Waals surface area contributed by atoms with Gasteiger partial charge < -0.3 is 14.2 Å². The standard InChI is InChI=1S/C12H23NO4/c1-15-8-6-13(7-9-16-2)11(10-4-5-10)12(14)17-3/h10-11H,4-9H2,1-3H3. The van der Waals surface area contributed by atoms with Crippen LogP contribution in [0.15, 0.2) is 0 Å². The van der Waals surface area contributed by atoms with E-state index in [4.69, 9.17) is 14.2 Å². The molecule has 5 nitrogen and oxygen atoms in total. The first-order chi connectivity index (χ1) is 8.24. The molecule has 0 radical (unpaired) electrons. The van der Waals surface area contributed by atoms with E-state index in [1.165, 1.54) is 7.11 Å². The van der Waals surface area contributed by atoms with Gasteiger partial charge in [-0.2, -0.15) is 0 Å². The first-order valence-corrected chi connectivity index (χ1v) is 6.04. The van der Waals surface area contributed by atoms with E-state index in [-0.39, 0.29) is 12.0 Å². The maximum absolute atomic E-state index is 11.8. The molecule has 0 aromatic heterocycles. The van der Waals surface area contributed by atoms with E-state index in [9.17, 15) is 4.79 Å². The van der Waals surface area contributed by atoms with Crippen LogP contribution in [0.1, 0.15) is 12.8 Å². The van der Waals surface area contributed by atoms with E-state index < -0.39 is 0 Å². The number of hydrogen-bond donors (Lipinski definition) is 0. The van der Waals surface area contributed by atoms with Gasteiger partial charge in [0, 0.05) is 27.3 Å². The van der Waals surface area contributed by atoms with E-state index in [0.29, 0.717) is 19.1 Å². The lowest BCUT2D eigenvalue weighted by molar-refractivity contribution is -0.148. The lowest BCUT2D eigenvalue weighted by Gasteiger charge is -2.29. The van der Waals surface area contributed by atoms with Crippen molar-refractivity contribution in [2.75, 3.05) is 47.6 Å². The van der Waals surface area contributed by atoms with Crippen molar-refractivity contribution in [3.63, 3.8) is 0 Å². The van der Waals surface area contributed by atoms with Crippen molar-refractivity contribution in [1.29, 1.82) is 0 Å². The molecule has 0 aliphatic heterocycles. The van der Waals surface area contributed by atoms with Gasteiger partial charge in [-0.1, -0.05) is 0 Å². The second-order valence-corrected chi connectivity index (χ2v) is 4.33. The number of rotatable bonds is 9. The van der Waals surface area contributed by atoms with Crippen molar-refractivity contribution in [1.82, 2.24) is 4.90 Å². The minimum atomic E-state index is -0.139. The number of methoxy groups -OCH3 is 3. The third-order valence-electron chi connectivity index (χ3n) is 3.07. The number of ether oxygens (including phenoxy) is 3. The van der Waals surface area contributed by atoms with E-state index in [1.54, 1.807) is 14.2 Å². The first-order valence-electron chi connectivity index (χ1n) is 6.04. The van der Waals surface area contributed by atoms with Gasteiger partial charge in [0.05, 0.1) is 20.3 Å². The Morgan fingerprint density at radius 3 is 2.06 bits per heavy atom. The Kier molecular flexibility index (Phi) is 6.47. The van der Waals surface area contributed by atoms with Crippen molar-refractivity contribution in [2.45, 2.75) is 18.9 Å². The van der Waals surface area contributed by atoms with Crippen LogP contribution in [-0.2, 0) is 19.0 Å². The molecular formula is C12H23NO4. The Morgan fingerprint density at radius 1 is 1.18 bits per heavy atom. The highest BCUT2D eigenvalue weighted by Crippen LogP contribution is 2.35. The molecule has 1 atom stereocenters. The largest absolute Gasteiger partial charge is 0.468 e. The number of hydrogen-bond acceptors (Lipinski definition) is 5. The van der Waals surface area contributed by atoms with Crippen LogP contribution in [0.2, 0.25) is 0 Å². The molecule has 5 heteroatoms. The predicted octanol–water partition coefficient (Wildman–Crippen LogP) is 0.533. The Balaban J connectivity index is 2.57. The molecule has 0 bridgehead atoms. The third kappa shape index (κ3) is 4.61. The van der Waals surface area contributed by atoms with E-state index in [1.807, 2.05) is 0 Å². The van der Waals surface area contributed by atoms with E-state index in [2.05, 4.69) is 4.90 Å². The maximum atomic E-state index is 11.8. The van der Waals surface area contributed by atoms with Gasteiger partial charge in [0.15, 0.2) is 0 Å². The summed E-state index contributed by atoms with van der Waals surface area (Å²) >= 11 is 0. The molecule has 0 N–H and O–H groups in total. The van der Waals surface area contributed by atoms with Crippen LogP contribution in [0, 0.1) is 5.92 Å². The quantitative estimate of drug-likeness (QED) is 0.555. The average Bonchev–Trinajstić information content (AvgIpc) is 3.16. The zero-order valence-electron chi connectivity index (χ0n) is 11.0. The topological polar surface area (TPSA) is 48.0 Å². The fourth-order valence-electron chi connectivity index (χ4n) is 1.98. The summed E-state index contributed by atoms with van der Waals surface area (Å²) < 4.78 is 15.1. The van der Waals surface area contributed by atoms with Crippen molar-refractivity contribution in [2.24, 2.45) is 5.92 Å². The summed E-state index contributed by atoms with van der Waals surface area (Å²) in [5, 5.41) is 0. The van der Waals surface area contributed by atoms with E-state index in [0.717, 1.165) is 25.9 Å². The summed E-state index contributed by atoms with van der Waals surface area (Å²) in [6.45, 7) is 2.69. The highest BCUT2D eigenvalue weighted by molar-refractivity contribution is 5.76. The van der Waals surface area contributed by atoms with Crippen LogP contribution in [0.4, 0.5) is 0 Å². The summed E-state index contributed by atoms with van der Waals surface area (Å²) in [7, 11) is 4.78. The van der Waals surface area contributed by atoms with Crippen molar-refractivity contribution in [3.05, 3.63) is 0 Å². The van der Waals surface area contributed by atoms with E-state index >= 15 is 0 Å². The average molecular weight is 245 g/mol. The van der Waals surface area contributed by atoms with Gasteiger partial charge in [0.2, 0.25) is 0 Å². The molecule has 0 heterocycles. The summed E-state index contributed by atoms with van der Waals surface area (Å²) in [5.41, 5.74) is 0. The molecule has 0 saturated heterocycles. The fraction of sp³-hybridized carbons (Fsp3) is 0.917. The van der Waals surface area contributed by atoms with Gasteiger partial charge in [-0.25, -0.2) is 0 Å². The lowest BCUT2D eigenvalue weighted by atomic mass is 10.1. The molecule has 100 valence electrons. The Morgan fingerprint density at radius 2 is 1.71 bits per heavy atom. The molecule has 1 saturated carbocycles. The van der Waals surface area contributed by atoms with Crippen LogP contribution in [0.3, 0.4) is 0 Å². The van der Waals surface area contributed by atoms with Crippen LogP contribution >= 0.6 is 0 Å². The summed E-state index contributed by atoms with van der Waals surface area (Å²) in [6.07, 6.45) is 2.21. The SMILES string of the molecule is COCCN(CCOC)C(C(=O)OC)C1CC1. The monoisotopic (exact) mass is 245 g/mol. The normalized spacial score (nSPS) is 17.2. The van der Waals surface area contributed by atoms with Gasteiger partial charge in [-0.15, -0.1) is 0 Å². The van der Waals surface area contributed by atoms with Gasteiger partial charge in [0.1, 0.15) is 6.04 Å². The van der Waals surface area contributed by atoms with Crippen molar-refractivity contribution >= 4 is 5.97 Å². The zero-order valence-corrected chi connectivity index (χ0v) is 11.0. The molecule has 1 aliphatic carbocycles. The first kappa shape index (κ1) is 14.4. The Bertz CT molecular complexity index is 223. The highest BCUT2D eigenvalue weighted by Gasteiger charge is 2.40. The lowest BCUT2D eigenvalue weighted by Crippen LogP contribution is -2.46. The molecule has 17 heavy (non-hydrogen) atoms. The second kappa shape index (κ2) is 7.63. The number of carbonyl (C=O) groups excluding carboxylic acids is 1. The van der Waals surface area contributed by atoms with Crippen molar-refractivity contribution in [3.8, 4) is 0 Å². The van der Waals surface area contributed by atoms with Crippen LogP contribution in [0.25, 0.3) is 0 Å². The van der Waals surface area contributed by atoms with Gasteiger partial charge in [-0.05, 0) is 18.8 Å². The van der Waals surface area contributed by atoms with Gasteiger partial charge in [-0.3, -0.25) is 9.69 Å². The molecule has 0 spiro atoms. The number of carbonyl (C=O) groups is 1. The van der Waals surface area contributed by atoms with Crippen LogP contribution in [0.5, 0.6) is 0 Å². The summed E-state index contributed by atoms with van der Waals surface area (Å²) in [5.74, 6) is 0.302. The number of esters is 1. The maximum Gasteiger partial charge on any atom is 0.323 e. The fourth-order valence-corrected chi connectivity index (χ4v) is 1.98. The molecular weight excluding hydrogens is 222 g/mol. The minimum absolute atomic E-state index is 0.134. The van der Waals surface area contributed by atoms with Gasteiger partial charge in [0.25, 0.3) is 0 Å². The summed E-state index contributed by atoms with van der Waals surface area (Å²) in [4.78, 5) is 13.9. The molecule has 1 aliphatic rings. The van der Waals surface area contributed by atoms with Crippen molar-refractivity contribution < 1.29 is 19.0 Å². The van der Waals surface area contributed by atoms with Crippen LogP contribution < -0.4 is 0 Å². The highest BCUT2D eigenvalue weighted by atomic mass is 16.5. The summed E-state index contributed by atoms with van der Waals surface area (Å²) in [6, 6.07) is -0.134.